The monoisotopic (exact) mass is 357 g/mol. The molecule has 0 aromatic heterocycles. The predicted molar refractivity (Wildman–Crippen MR) is 101 cm³/mol. The molecule has 1 aliphatic carbocycles. The summed E-state index contributed by atoms with van der Waals surface area (Å²) in [7, 11) is 0. The maximum absolute atomic E-state index is 13.1. The number of nitrogens with zero attached hydrogens (tertiary/aromatic N) is 1. The van der Waals surface area contributed by atoms with E-state index in [0.717, 1.165) is 32.2 Å². The molecule has 1 saturated heterocycles. The summed E-state index contributed by atoms with van der Waals surface area (Å²) in [6.45, 7) is 4.29. The maximum Gasteiger partial charge on any atom is 0.240 e. The molecule has 2 N–H and O–H groups in total. The van der Waals surface area contributed by atoms with Crippen LogP contribution in [0.15, 0.2) is 24.3 Å². The van der Waals surface area contributed by atoms with Gasteiger partial charge in [0, 0.05) is 30.9 Å². The SMILES string of the molecule is CCC1CCCCN1C(=O)C1(C(=O)Nc2cccc(NC(C)=O)c2)CC1. The van der Waals surface area contributed by atoms with Gasteiger partial charge in [-0.3, -0.25) is 14.4 Å². The van der Waals surface area contributed by atoms with Gasteiger partial charge >= 0.3 is 0 Å². The van der Waals surface area contributed by atoms with Gasteiger partial charge in [-0.1, -0.05) is 13.0 Å². The van der Waals surface area contributed by atoms with Gasteiger partial charge in [0.15, 0.2) is 0 Å². The Morgan fingerprint density at radius 3 is 2.46 bits per heavy atom. The Balaban J connectivity index is 1.71. The van der Waals surface area contributed by atoms with Crippen LogP contribution >= 0.6 is 0 Å². The summed E-state index contributed by atoms with van der Waals surface area (Å²) in [6, 6.07) is 7.24. The first-order valence-electron chi connectivity index (χ1n) is 9.46. The van der Waals surface area contributed by atoms with Crippen molar-refractivity contribution in [3.8, 4) is 0 Å². The zero-order valence-corrected chi connectivity index (χ0v) is 15.5. The molecule has 0 spiro atoms. The summed E-state index contributed by atoms with van der Waals surface area (Å²) in [5, 5.41) is 5.57. The van der Waals surface area contributed by atoms with E-state index >= 15 is 0 Å². The van der Waals surface area contributed by atoms with Crippen LogP contribution in [0.1, 0.15) is 52.4 Å². The van der Waals surface area contributed by atoms with E-state index < -0.39 is 5.41 Å². The molecule has 1 aromatic rings. The van der Waals surface area contributed by atoms with Crippen molar-refractivity contribution in [3.63, 3.8) is 0 Å². The van der Waals surface area contributed by atoms with Crippen LogP contribution in [0.25, 0.3) is 0 Å². The molecule has 1 unspecified atom stereocenters. The van der Waals surface area contributed by atoms with Crippen LogP contribution in [0.4, 0.5) is 11.4 Å². The number of carbonyl (C=O) groups is 3. The number of carbonyl (C=O) groups excluding carboxylic acids is 3. The average Bonchev–Trinajstić information content (AvgIpc) is 3.43. The molecule has 6 nitrogen and oxygen atoms in total. The number of amides is 3. The predicted octanol–water partition coefficient (Wildman–Crippen LogP) is 3.15. The molecule has 0 bridgehead atoms. The van der Waals surface area contributed by atoms with E-state index in [1.807, 2.05) is 4.90 Å². The van der Waals surface area contributed by atoms with Crippen molar-refractivity contribution in [2.75, 3.05) is 17.2 Å². The Hall–Kier alpha value is -2.37. The lowest BCUT2D eigenvalue weighted by atomic mass is 9.95. The molecule has 2 fully saturated rings. The second-order valence-electron chi connectivity index (χ2n) is 7.35. The molecule has 1 heterocycles. The van der Waals surface area contributed by atoms with Crippen molar-refractivity contribution in [1.82, 2.24) is 4.90 Å². The average molecular weight is 357 g/mol. The fourth-order valence-corrected chi connectivity index (χ4v) is 3.76. The van der Waals surface area contributed by atoms with Gasteiger partial charge in [0.05, 0.1) is 0 Å². The highest BCUT2D eigenvalue weighted by atomic mass is 16.2. The first-order chi connectivity index (χ1) is 12.5. The number of benzene rings is 1. The summed E-state index contributed by atoms with van der Waals surface area (Å²) in [6.07, 6.45) is 5.34. The normalized spacial score (nSPS) is 21.0. The zero-order valence-electron chi connectivity index (χ0n) is 15.5. The third-order valence-electron chi connectivity index (χ3n) is 5.39. The van der Waals surface area contributed by atoms with Crippen LogP contribution in [0.3, 0.4) is 0 Å². The summed E-state index contributed by atoms with van der Waals surface area (Å²) < 4.78 is 0. The maximum atomic E-state index is 13.1. The van der Waals surface area contributed by atoms with Crippen molar-refractivity contribution in [3.05, 3.63) is 24.3 Å². The third kappa shape index (κ3) is 3.74. The van der Waals surface area contributed by atoms with E-state index in [2.05, 4.69) is 17.6 Å². The Labute approximate surface area is 154 Å². The van der Waals surface area contributed by atoms with Gasteiger partial charge in [0.2, 0.25) is 17.7 Å². The quantitative estimate of drug-likeness (QED) is 0.795. The minimum Gasteiger partial charge on any atom is -0.339 e. The summed E-state index contributed by atoms with van der Waals surface area (Å²) in [5.41, 5.74) is 0.300. The largest absolute Gasteiger partial charge is 0.339 e. The van der Waals surface area contributed by atoms with Gasteiger partial charge in [0.25, 0.3) is 0 Å². The number of hydrogen-bond acceptors (Lipinski definition) is 3. The number of anilines is 2. The van der Waals surface area contributed by atoms with Gasteiger partial charge < -0.3 is 15.5 Å². The molecule has 1 saturated carbocycles. The Morgan fingerprint density at radius 2 is 1.85 bits per heavy atom. The molecule has 1 aromatic carbocycles. The lowest BCUT2D eigenvalue weighted by Crippen LogP contribution is -2.49. The number of piperidine rings is 1. The van der Waals surface area contributed by atoms with Gasteiger partial charge in [-0.15, -0.1) is 0 Å². The van der Waals surface area contributed by atoms with Crippen LogP contribution in [-0.2, 0) is 14.4 Å². The van der Waals surface area contributed by atoms with E-state index in [-0.39, 0.29) is 23.8 Å². The van der Waals surface area contributed by atoms with E-state index in [9.17, 15) is 14.4 Å². The van der Waals surface area contributed by atoms with Crippen molar-refractivity contribution in [1.29, 1.82) is 0 Å². The van der Waals surface area contributed by atoms with Gasteiger partial charge in [0.1, 0.15) is 5.41 Å². The van der Waals surface area contributed by atoms with E-state index in [0.29, 0.717) is 24.2 Å². The zero-order chi connectivity index (χ0) is 18.7. The topological polar surface area (TPSA) is 78.5 Å². The van der Waals surface area contributed by atoms with Crippen molar-refractivity contribution < 1.29 is 14.4 Å². The molecule has 3 rings (SSSR count). The van der Waals surface area contributed by atoms with E-state index in [1.54, 1.807) is 24.3 Å². The Morgan fingerprint density at radius 1 is 1.15 bits per heavy atom. The summed E-state index contributed by atoms with van der Waals surface area (Å²) in [4.78, 5) is 39.1. The highest BCUT2D eigenvalue weighted by Crippen LogP contribution is 2.49. The molecule has 6 heteroatoms. The molecule has 1 atom stereocenters. The second-order valence-corrected chi connectivity index (χ2v) is 7.35. The van der Waals surface area contributed by atoms with Crippen LogP contribution in [0.2, 0.25) is 0 Å². The number of rotatable bonds is 5. The van der Waals surface area contributed by atoms with Crippen LogP contribution < -0.4 is 10.6 Å². The smallest absolute Gasteiger partial charge is 0.240 e. The second kappa shape index (κ2) is 7.48. The highest BCUT2D eigenvalue weighted by Gasteiger charge is 2.58. The lowest BCUT2D eigenvalue weighted by Gasteiger charge is -2.37. The van der Waals surface area contributed by atoms with E-state index in [4.69, 9.17) is 0 Å². The molecule has 2 aliphatic rings. The Bertz CT molecular complexity index is 712. The van der Waals surface area contributed by atoms with Crippen molar-refractivity contribution in [2.45, 2.75) is 58.4 Å². The first kappa shape index (κ1) is 18.4. The molecule has 140 valence electrons. The minimum atomic E-state index is -0.908. The summed E-state index contributed by atoms with van der Waals surface area (Å²) in [5.74, 6) is -0.416. The number of likely N-dealkylation sites (tertiary alicyclic amines) is 1. The molecular weight excluding hydrogens is 330 g/mol. The molecule has 1 aliphatic heterocycles. The van der Waals surface area contributed by atoms with Crippen molar-refractivity contribution >= 4 is 29.1 Å². The molecule has 0 radical (unpaired) electrons. The molecule has 26 heavy (non-hydrogen) atoms. The van der Waals surface area contributed by atoms with Crippen molar-refractivity contribution in [2.24, 2.45) is 5.41 Å². The fourth-order valence-electron chi connectivity index (χ4n) is 3.76. The van der Waals surface area contributed by atoms with Crippen LogP contribution in [-0.4, -0.2) is 35.2 Å². The number of nitrogens with one attached hydrogen (secondary N) is 2. The lowest BCUT2D eigenvalue weighted by molar-refractivity contribution is -0.145. The molecule has 3 amide bonds. The van der Waals surface area contributed by atoms with Crippen LogP contribution in [0, 0.1) is 5.41 Å². The first-order valence-corrected chi connectivity index (χ1v) is 9.46. The molecular formula is C20H27N3O3. The van der Waals surface area contributed by atoms with Gasteiger partial charge in [-0.2, -0.15) is 0 Å². The minimum absolute atomic E-state index is 0.0143. The highest BCUT2D eigenvalue weighted by molar-refractivity contribution is 6.13. The van der Waals surface area contributed by atoms with E-state index in [1.165, 1.54) is 6.92 Å². The standard InChI is InChI=1S/C20H27N3O3/c1-3-17-9-4-5-12-23(17)19(26)20(10-11-20)18(25)22-16-8-6-7-15(13-16)21-14(2)24/h6-8,13,17H,3-5,9-12H2,1-2H3,(H,21,24)(H,22,25). The van der Waals surface area contributed by atoms with Gasteiger partial charge in [-0.05, 0) is 56.7 Å². The third-order valence-corrected chi connectivity index (χ3v) is 5.39. The fraction of sp³-hybridized carbons (Fsp3) is 0.550. The number of hydrogen-bond donors (Lipinski definition) is 2. The Kier molecular flexibility index (Phi) is 5.30. The van der Waals surface area contributed by atoms with Gasteiger partial charge in [-0.25, -0.2) is 0 Å². The summed E-state index contributed by atoms with van der Waals surface area (Å²) >= 11 is 0. The van der Waals surface area contributed by atoms with Crippen LogP contribution in [0.5, 0.6) is 0 Å².